The van der Waals surface area contributed by atoms with E-state index in [9.17, 15) is 9.90 Å². The molecule has 0 bridgehead atoms. The Kier molecular flexibility index (Phi) is 4.37. The molecule has 1 aliphatic rings. The van der Waals surface area contributed by atoms with Crippen LogP contribution < -0.4 is 5.32 Å². The van der Waals surface area contributed by atoms with E-state index in [1.807, 2.05) is 19.9 Å². The Bertz CT molecular complexity index is 433. The maximum atomic E-state index is 12.3. The fraction of sp³-hybridized carbons (Fsp3) is 0.571. The summed E-state index contributed by atoms with van der Waals surface area (Å²) in [5.41, 5.74) is 1.34. The average Bonchev–Trinajstić information content (AvgIpc) is 2.42. The molecule has 19 heavy (non-hydrogen) atoms. The number of aliphatic hydroxyl groups excluding tert-OH is 1. The predicted molar refractivity (Wildman–Crippen MR) is 74.1 cm³/mol. The van der Waals surface area contributed by atoms with E-state index in [0.29, 0.717) is 18.8 Å². The number of nitrogens with one attached hydrogen (secondary N) is 1. The molecule has 2 N–H and O–H groups in total. The number of β-amino-alcohol motifs (C(OH)–C–C–N with tert-alkyl or cyclic N) is 1. The first-order valence-electron chi connectivity index (χ1n) is 6.79. The summed E-state index contributed by atoms with van der Waals surface area (Å²) in [5, 5.41) is 13.0. The third-order valence-electron chi connectivity index (χ3n) is 3.57. The number of hydrogen-bond acceptors (Lipinski definition) is 4. The molecule has 1 amide bonds. The summed E-state index contributed by atoms with van der Waals surface area (Å²) in [7, 11) is 0. The van der Waals surface area contributed by atoms with E-state index in [2.05, 4.69) is 10.3 Å². The minimum Gasteiger partial charge on any atom is -0.391 e. The highest BCUT2D eigenvalue weighted by atomic mass is 16.3. The summed E-state index contributed by atoms with van der Waals surface area (Å²) in [6.45, 7) is 5.93. The van der Waals surface area contributed by atoms with Crippen LogP contribution in [0.5, 0.6) is 0 Å². The number of pyridine rings is 1. The SMILES string of the molecule is CCNc1ccc(C(=O)N2CCC(C)C(O)C2)nc1. The Morgan fingerprint density at radius 1 is 1.58 bits per heavy atom. The Labute approximate surface area is 113 Å². The van der Waals surface area contributed by atoms with Gasteiger partial charge in [-0.25, -0.2) is 4.98 Å². The molecule has 5 nitrogen and oxygen atoms in total. The molecule has 2 unspecified atom stereocenters. The van der Waals surface area contributed by atoms with Crippen LogP contribution in [-0.2, 0) is 0 Å². The second kappa shape index (κ2) is 6.02. The van der Waals surface area contributed by atoms with Gasteiger partial charge in [-0.3, -0.25) is 4.79 Å². The molecule has 0 radical (unpaired) electrons. The number of likely N-dealkylation sites (tertiary alicyclic amines) is 1. The number of carbonyl (C=O) groups excluding carboxylic acids is 1. The van der Waals surface area contributed by atoms with Crippen LogP contribution in [0.2, 0.25) is 0 Å². The molecule has 0 aliphatic carbocycles. The highest BCUT2D eigenvalue weighted by Gasteiger charge is 2.28. The molecule has 1 aliphatic heterocycles. The molecule has 2 heterocycles. The highest BCUT2D eigenvalue weighted by Crippen LogP contribution is 2.18. The van der Waals surface area contributed by atoms with Gasteiger partial charge in [0.15, 0.2) is 0 Å². The standard InChI is InChI=1S/C14H21N3O2/c1-3-15-11-4-5-12(16-8-11)14(19)17-7-6-10(2)13(18)9-17/h4-5,8,10,13,15,18H,3,6-7,9H2,1-2H3. The number of anilines is 1. The predicted octanol–water partition coefficient (Wildman–Crippen LogP) is 1.36. The number of aromatic nitrogens is 1. The van der Waals surface area contributed by atoms with Gasteiger partial charge < -0.3 is 15.3 Å². The third kappa shape index (κ3) is 3.23. The quantitative estimate of drug-likeness (QED) is 0.864. The Morgan fingerprint density at radius 2 is 2.37 bits per heavy atom. The lowest BCUT2D eigenvalue weighted by molar-refractivity contribution is 0.0245. The van der Waals surface area contributed by atoms with E-state index in [1.165, 1.54) is 0 Å². The van der Waals surface area contributed by atoms with Crippen molar-refractivity contribution in [2.45, 2.75) is 26.4 Å². The van der Waals surface area contributed by atoms with E-state index < -0.39 is 6.10 Å². The van der Waals surface area contributed by atoms with Crippen molar-refractivity contribution in [3.8, 4) is 0 Å². The van der Waals surface area contributed by atoms with Gasteiger partial charge in [0.25, 0.3) is 5.91 Å². The van der Waals surface area contributed by atoms with Gasteiger partial charge in [-0.05, 0) is 31.4 Å². The number of carbonyl (C=O) groups is 1. The van der Waals surface area contributed by atoms with Crippen molar-refractivity contribution in [2.75, 3.05) is 25.0 Å². The average molecular weight is 263 g/mol. The monoisotopic (exact) mass is 263 g/mol. The summed E-state index contributed by atoms with van der Waals surface area (Å²) in [6, 6.07) is 3.58. The molecule has 5 heteroatoms. The number of aliphatic hydroxyl groups is 1. The van der Waals surface area contributed by atoms with Crippen molar-refractivity contribution < 1.29 is 9.90 Å². The summed E-state index contributed by atoms with van der Waals surface area (Å²) in [6.07, 6.45) is 2.07. The van der Waals surface area contributed by atoms with Crippen molar-refractivity contribution in [1.29, 1.82) is 0 Å². The molecule has 1 aromatic heterocycles. The molecule has 0 saturated carbocycles. The van der Waals surface area contributed by atoms with E-state index in [4.69, 9.17) is 0 Å². The molecular formula is C14H21N3O2. The van der Waals surface area contributed by atoms with Crippen molar-refractivity contribution in [2.24, 2.45) is 5.92 Å². The van der Waals surface area contributed by atoms with Crippen molar-refractivity contribution >= 4 is 11.6 Å². The maximum absolute atomic E-state index is 12.3. The molecule has 1 fully saturated rings. The first-order valence-corrected chi connectivity index (χ1v) is 6.79. The van der Waals surface area contributed by atoms with E-state index in [1.54, 1.807) is 17.2 Å². The summed E-state index contributed by atoms with van der Waals surface area (Å²) in [4.78, 5) is 18.1. The van der Waals surface area contributed by atoms with Crippen molar-refractivity contribution in [1.82, 2.24) is 9.88 Å². The zero-order valence-electron chi connectivity index (χ0n) is 11.5. The molecule has 2 atom stereocenters. The first kappa shape index (κ1) is 13.8. The van der Waals surface area contributed by atoms with Gasteiger partial charge in [-0.1, -0.05) is 6.92 Å². The van der Waals surface area contributed by atoms with Crippen LogP contribution in [0.1, 0.15) is 30.8 Å². The van der Waals surface area contributed by atoms with Gasteiger partial charge in [-0.15, -0.1) is 0 Å². The van der Waals surface area contributed by atoms with Gasteiger partial charge in [0, 0.05) is 19.6 Å². The minimum atomic E-state index is -0.432. The van der Waals surface area contributed by atoms with Gasteiger partial charge in [0.1, 0.15) is 5.69 Å². The van der Waals surface area contributed by atoms with Crippen LogP contribution in [0.3, 0.4) is 0 Å². The second-order valence-electron chi connectivity index (χ2n) is 5.05. The van der Waals surface area contributed by atoms with Crippen LogP contribution >= 0.6 is 0 Å². The lowest BCUT2D eigenvalue weighted by Gasteiger charge is -2.34. The van der Waals surface area contributed by atoms with Gasteiger partial charge in [-0.2, -0.15) is 0 Å². The van der Waals surface area contributed by atoms with Gasteiger partial charge >= 0.3 is 0 Å². The lowest BCUT2D eigenvalue weighted by atomic mass is 9.96. The Hall–Kier alpha value is -1.62. The number of rotatable bonds is 3. The number of nitrogens with zero attached hydrogens (tertiary/aromatic N) is 2. The molecule has 1 aromatic rings. The van der Waals surface area contributed by atoms with Crippen LogP contribution in [0.15, 0.2) is 18.3 Å². The number of hydrogen-bond donors (Lipinski definition) is 2. The van der Waals surface area contributed by atoms with E-state index in [-0.39, 0.29) is 11.8 Å². The topological polar surface area (TPSA) is 65.5 Å². The fourth-order valence-electron chi connectivity index (χ4n) is 2.22. The number of piperidine rings is 1. The van der Waals surface area contributed by atoms with Gasteiger partial charge in [0.05, 0.1) is 18.0 Å². The van der Waals surface area contributed by atoms with Crippen molar-refractivity contribution in [3.63, 3.8) is 0 Å². The van der Waals surface area contributed by atoms with E-state index >= 15 is 0 Å². The summed E-state index contributed by atoms with van der Waals surface area (Å²) < 4.78 is 0. The molecule has 104 valence electrons. The van der Waals surface area contributed by atoms with Crippen molar-refractivity contribution in [3.05, 3.63) is 24.0 Å². The van der Waals surface area contributed by atoms with Crippen LogP contribution in [-0.4, -0.2) is 46.6 Å². The van der Waals surface area contributed by atoms with Crippen LogP contribution in [0.25, 0.3) is 0 Å². The molecular weight excluding hydrogens is 242 g/mol. The molecule has 0 aromatic carbocycles. The highest BCUT2D eigenvalue weighted by molar-refractivity contribution is 5.92. The summed E-state index contributed by atoms with van der Waals surface area (Å²) >= 11 is 0. The lowest BCUT2D eigenvalue weighted by Crippen LogP contribution is -2.46. The Balaban J connectivity index is 2.03. The minimum absolute atomic E-state index is 0.103. The first-order chi connectivity index (χ1) is 9.11. The number of amides is 1. The van der Waals surface area contributed by atoms with Gasteiger partial charge in [0.2, 0.25) is 0 Å². The Morgan fingerprint density at radius 3 is 2.95 bits per heavy atom. The molecule has 0 spiro atoms. The normalized spacial score (nSPS) is 23.2. The molecule has 2 rings (SSSR count). The zero-order valence-corrected chi connectivity index (χ0v) is 11.5. The summed E-state index contributed by atoms with van der Waals surface area (Å²) in [5.74, 6) is 0.155. The van der Waals surface area contributed by atoms with Crippen LogP contribution in [0.4, 0.5) is 5.69 Å². The maximum Gasteiger partial charge on any atom is 0.272 e. The fourth-order valence-corrected chi connectivity index (χ4v) is 2.22. The zero-order chi connectivity index (χ0) is 13.8. The largest absolute Gasteiger partial charge is 0.391 e. The van der Waals surface area contributed by atoms with Crippen LogP contribution in [0, 0.1) is 5.92 Å². The smallest absolute Gasteiger partial charge is 0.272 e. The second-order valence-corrected chi connectivity index (χ2v) is 5.05. The van der Waals surface area contributed by atoms with E-state index in [0.717, 1.165) is 18.7 Å². The third-order valence-corrected chi connectivity index (χ3v) is 3.57. The molecule has 1 saturated heterocycles.